The molecule has 4 atom stereocenters. The third kappa shape index (κ3) is 3.82. The van der Waals surface area contributed by atoms with Crippen LogP contribution in [0.4, 0.5) is 5.82 Å². The lowest BCUT2D eigenvalue weighted by Gasteiger charge is -2.20. The smallest absolute Gasteiger partial charge is 0.165 e. The van der Waals surface area contributed by atoms with E-state index in [0.717, 1.165) is 13.0 Å². The van der Waals surface area contributed by atoms with Gasteiger partial charge in [-0.2, -0.15) is 0 Å². The Labute approximate surface area is 173 Å². The van der Waals surface area contributed by atoms with Crippen LogP contribution in [0.15, 0.2) is 42.7 Å². The summed E-state index contributed by atoms with van der Waals surface area (Å²) in [6.45, 7) is 0.337. The van der Waals surface area contributed by atoms with E-state index in [-0.39, 0.29) is 0 Å². The summed E-state index contributed by atoms with van der Waals surface area (Å²) in [6.07, 6.45) is -1.89. The van der Waals surface area contributed by atoms with Gasteiger partial charge in [0.25, 0.3) is 0 Å². The van der Waals surface area contributed by atoms with Crippen LogP contribution in [-0.4, -0.2) is 68.4 Å². The predicted octanol–water partition coefficient (Wildman–Crippen LogP) is 1.38. The summed E-state index contributed by atoms with van der Waals surface area (Å²) < 4.78 is 7.15. The molecule has 1 fully saturated rings. The van der Waals surface area contributed by atoms with Crippen molar-refractivity contribution in [2.75, 3.05) is 25.1 Å². The number of imidazole rings is 1. The Balaban J connectivity index is 1.61. The topological polar surface area (TPSA) is 104 Å². The average Bonchev–Trinajstić information content (AvgIpc) is 3.28. The van der Waals surface area contributed by atoms with E-state index in [1.807, 2.05) is 30.1 Å². The molecule has 8 nitrogen and oxygen atoms in total. The second kappa shape index (κ2) is 8.25. The molecule has 9 heteroatoms. The van der Waals surface area contributed by atoms with Crippen molar-refractivity contribution < 1.29 is 20.1 Å². The van der Waals surface area contributed by atoms with Gasteiger partial charge in [-0.3, -0.25) is 4.57 Å². The molecule has 29 heavy (non-hydrogen) atoms. The molecule has 0 saturated carbocycles. The zero-order valence-corrected chi connectivity index (χ0v) is 16.6. The summed E-state index contributed by atoms with van der Waals surface area (Å²) in [4.78, 5) is 10.9. The highest BCUT2D eigenvalue weighted by molar-refractivity contribution is 6.35. The lowest BCUT2D eigenvalue weighted by Crippen LogP contribution is -2.33. The molecule has 1 aromatic carbocycles. The Morgan fingerprint density at radius 1 is 1.21 bits per heavy atom. The zero-order valence-electron chi connectivity index (χ0n) is 15.9. The Morgan fingerprint density at radius 3 is 2.66 bits per heavy atom. The fraction of sp³-hybridized carbons (Fsp3) is 0.400. The maximum absolute atomic E-state index is 10.3. The summed E-state index contributed by atoms with van der Waals surface area (Å²) in [5.74, 6) is 0.659. The fourth-order valence-electron chi connectivity index (χ4n) is 3.50. The van der Waals surface area contributed by atoms with Crippen molar-refractivity contribution >= 4 is 28.6 Å². The molecule has 4 rings (SSSR count). The van der Waals surface area contributed by atoms with Gasteiger partial charge in [0.15, 0.2) is 11.9 Å². The number of aromatic nitrogens is 3. The van der Waals surface area contributed by atoms with Gasteiger partial charge in [0, 0.05) is 19.7 Å². The zero-order chi connectivity index (χ0) is 20.5. The predicted molar refractivity (Wildman–Crippen MR) is 109 cm³/mol. The maximum Gasteiger partial charge on any atom is 0.165 e. The molecule has 1 aliphatic heterocycles. The lowest BCUT2D eigenvalue weighted by molar-refractivity contribution is -0.0511. The number of hydrogen-bond donors (Lipinski definition) is 3. The van der Waals surface area contributed by atoms with Crippen LogP contribution in [0.5, 0.6) is 0 Å². The number of aliphatic hydroxyl groups is 3. The molecular weight excluding hydrogens is 396 g/mol. The van der Waals surface area contributed by atoms with Crippen molar-refractivity contribution in [3.05, 3.63) is 53.3 Å². The van der Waals surface area contributed by atoms with Crippen molar-refractivity contribution in [3.63, 3.8) is 0 Å². The van der Waals surface area contributed by atoms with E-state index >= 15 is 0 Å². The van der Waals surface area contributed by atoms with E-state index in [2.05, 4.69) is 22.1 Å². The molecule has 154 valence electrons. The highest BCUT2D eigenvalue weighted by Gasteiger charge is 2.44. The highest BCUT2D eigenvalue weighted by atomic mass is 35.5. The van der Waals surface area contributed by atoms with Gasteiger partial charge in [-0.05, 0) is 12.0 Å². The van der Waals surface area contributed by atoms with Gasteiger partial charge >= 0.3 is 0 Å². The van der Waals surface area contributed by atoms with E-state index in [1.165, 1.54) is 11.9 Å². The van der Waals surface area contributed by atoms with E-state index in [1.54, 1.807) is 10.6 Å². The van der Waals surface area contributed by atoms with E-state index in [4.69, 9.17) is 16.3 Å². The van der Waals surface area contributed by atoms with E-state index in [9.17, 15) is 15.3 Å². The van der Waals surface area contributed by atoms with Crippen LogP contribution in [0.25, 0.3) is 11.2 Å². The first kappa shape index (κ1) is 20.1. The number of pyridine rings is 1. The summed E-state index contributed by atoms with van der Waals surface area (Å²) in [5, 5.41) is 30.2. The molecule has 2 aromatic heterocycles. The quantitative estimate of drug-likeness (QED) is 0.555. The monoisotopic (exact) mass is 418 g/mol. The minimum atomic E-state index is -1.22. The van der Waals surface area contributed by atoms with Crippen LogP contribution in [-0.2, 0) is 11.2 Å². The lowest BCUT2D eigenvalue weighted by atomic mass is 10.1. The number of fused-ring (bicyclic) bond motifs is 1. The van der Waals surface area contributed by atoms with Crippen LogP contribution in [0.1, 0.15) is 11.8 Å². The molecule has 0 radical (unpaired) electrons. The minimum Gasteiger partial charge on any atom is -0.394 e. The molecule has 0 bridgehead atoms. The molecule has 0 spiro atoms. The third-order valence-corrected chi connectivity index (χ3v) is 5.52. The summed E-state index contributed by atoms with van der Waals surface area (Å²) in [5.41, 5.74) is 2.14. The Hall–Kier alpha value is -2.23. The first-order valence-electron chi connectivity index (χ1n) is 9.40. The van der Waals surface area contributed by atoms with Crippen LogP contribution in [0, 0.1) is 0 Å². The third-order valence-electron chi connectivity index (χ3n) is 5.23. The van der Waals surface area contributed by atoms with Gasteiger partial charge in [-0.25, -0.2) is 9.97 Å². The summed E-state index contributed by atoms with van der Waals surface area (Å²) in [7, 11) is 1.93. The van der Waals surface area contributed by atoms with Crippen LogP contribution in [0.2, 0.25) is 5.02 Å². The van der Waals surface area contributed by atoms with Crippen molar-refractivity contribution in [3.8, 4) is 0 Å². The first-order chi connectivity index (χ1) is 14.0. The number of benzene rings is 1. The molecule has 0 aliphatic carbocycles. The van der Waals surface area contributed by atoms with E-state index in [0.29, 0.717) is 22.0 Å². The Morgan fingerprint density at radius 2 is 1.97 bits per heavy atom. The van der Waals surface area contributed by atoms with Gasteiger partial charge in [0.2, 0.25) is 0 Å². The van der Waals surface area contributed by atoms with Crippen molar-refractivity contribution in [2.45, 2.75) is 31.0 Å². The molecule has 0 unspecified atom stereocenters. The fourth-order valence-corrected chi connectivity index (χ4v) is 3.73. The molecule has 3 N–H and O–H groups in total. The number of nitrogens with zero attached hydrogens (tertiary/aromatic N) is 4. The number of aliphatic hydroxyl groups excluding tert-OH is 3. The Kier molecular flexibility index (Phi) is 5.71. The summed E-state index contributed by atoms with van der Waals surface area (Å²) in [6, 6.07) is 11.9. The van der Waals surface area contributed by atoms with E-state index < -0.39 is 31.1 Å². The number of rotatable bonds is 6. The summed E-state index contributed by atoms with van der Waals surface area (Å²) >= 11 is 6.43. The molecular formula is C20H23ClN4O4. The number of hydrogen-bond acceptors (Lipinski definition) is 7. The highest BCUT2D eigenvalue weighted by Crippen LogP contribution is 2.33. The number of anilines is 1. The molecule has 3 aromatic rings. The number of likely N-dealkylation sites (N-methyl/N-ethyl adjacent to an activating group) is 1. The largest absolute Gasteiger partial charge is 0.394 e. The SMILES string of the molecule is CN(CCc1ccccc1)c1cc(Cl)c2ncn([C@@H]3O[C@H](CO)[C@@H](O)[C@H]3O)c2n1. The molecule has 0 amide bonds. The number of halogens is 1. The van der Waals surface area contributed by atoms with Crippen molar-refractivity contribution in [1.82, 2.24) is 14.5 Å². The molecule has 3 heterocycles. The maximum atomic E-state index is 10.3. The van der Waals surface area contributed by atoms with Crippen LogP contribution >= 0.6 is 11.6 Å². The number of ether oxygens (including phenoxy) is 1. The van der Waals surface area contributed by atoms with Crippen molar-refractivity contribution in [2.24, 2.45) is 0 Å². The first-order valence-corrected chi connectivity index (χ1v) is 9.78. The van der Waals surface area contributed by atoms with Gasteiger partial charge < -0.3 is 25.0 Å². The molecule has 1 saturated heterocycles. The Bertz CT molecular complexity index is 983. The van der Waals surface area contributed by atoms with Gasteiger partial charge in [-0.1, -0.05) is 41.9 Å². The van der Waals surface area contributed by atoms with Gasteiger partial charge in [0.05, 0.1) is 18.0 Å². The van der Waals surface area contributed by atoms with Crippen molar-refractivity contribution in [1.29, 1.82) is 0 Å². The molecule has 1 aliphatic rings. The van der Waals surface area contributed by atoms with Gasteiger partial charge in [-0.15, -0.1) is 0 Å². The minimum absolute atomic E-state index is 0.400. The van der Waals surface area contributed by atoms with Crippen LogP contribution < -0.4 is 4.90 Å². The van der Waals surface area contributed by atoms with Gasteiger partial charge in [0.1, 0.15) is 29.6 Å². The second-order valence-corrected chi connectivity index (χ2v) is 7.58. The standard InChI is InChI=1S/C20H23ClN4O4/c1-24(8-7-12-5-3-2-4-6-12)15-9-13(21)16-19(23-15)25(11-22-16)20-18(28)17(27)14(10-26)29-20/h2-6,9,11,14,17-18,20,26-28H,7-8,10H2,1H3/t14-,17-,18-,20-/m1/s1. The second-order valence-electron chi connectivity index (χ2n) is 7.17. The normalized spacial score (nSPS) is 24.3. The van der Waals surface area contributed by atoms with Crippen LogP contribution in [0.3, 0.4) is 0 Å². The average molecular weight is 419 g/mol.